The molecule has 1 atom stereocenters. The van der Waals surface area contributed by atoms with Crippen LogP contribution in [0, 0.1) is 0 Å². The zero-order valence-corrected chi connectivity index (χ0v) is 13.5. The van der Waals surface area contributed by atoms with Crippen molar-refractivity contribution in [1.82, 2.24) is 0 Å². The molecule has 1 unspecified atom stereocenters. The molecular weight excluding hydrogens is 314 g/mol. The van der Waals surface area contributed by atoms with Crippen molar-refractivity contribution < 1.29 is 9.53 Å². The molecule has 120 valence electrons. The normalized spacial score (nSPS) is 14.6. The van der Waals surface area contributed by atoms with Gasteiger partial charge in [-0.2, -0.15) is 0 Å². The fourth-order valence-electron chi connectivity index (χ4n) is 2.60. The van der Waals surface area contributed by atoms with Gasteiger partial charge in [0.05, 0.1) is 22.9 Å². The summed E-state index contributed by atoms with van der Waals surface area (Å²) in [6, 6.07) is 12.2. The summed E-state index contributed by atoms with van der Waals surface area (Å²) in [7, 11) is 0. The van der Waals surface area contributed by atoms with Crippen molar-refractivity contribution in [3.05, 3.63) is 47.5 Å². The molecule has 0 spiro atoms. The molecule has 0 aromatic heterocycles. The average molecular weight is 332 g/mol. The Kier molecular flexibility index (Phi) is 4.30. The van der Waals surface area contributed by atoms with Crippen LogP contribution in [0.25, 0.3) is 0 Å². The van der Waals surface area contributed by atoms with E-state index in [1.165, 1.54) is 0 Å². The van der Waals surface area contributed by atoms with Crippen LogP contribution >= 0.6 is 11.6 Å². The summed E-state index contributed by atoms with van der Waals surface area (Å²) in [5, 5.41) is 3.38. The van der Waals surface area contributed by atoms with E-state index in [-0.39, 0.29) is 11.9 Å². The van der Waals surface area contributed by atoms with Crippen LogP contribution in [-0.2, 0) is 4.79 Å². The van der Waals surface area contributed by atoms with E-state index in [1.54, 1.807) is 18.2 Å². The molecule has 0 fully saturated rings. The molecule has 5 nitrogen and oxygen atoms in total. The third-order valence-electron chi connectivity index (χ3n) is 3.86. The van der Waals surface area contributed by atoms with E-state index in [1.807, 2.05) is 36.1 Å². The number of para-hydroxylation sites is 1. The van der Waals surface area contributed by atoms with Crippen molar-refractivity contribution in [2.45, 2.75) is 13.0 Å². The summed E-state index contributed by atoms with van der Waals surface area (Å²) in [6.07, 6.45) is 0. The van der Waals surface area contributed by atoms with Gasteiger partial charge in [-0.15, -0.1) is 0 Å². The number of ether oxygens (including phenoxy) is 1. The fraction of sp³-hybridized carbons (Fsp3) is 0.235. The predicted octanol–water partition coefficient (Wildman–Crippen LogP) is 3.15. The molecule has 0 aliphatic carbocycles. The summed E-state index contributed by atoms with van der Waals surface area (Å²) in [6.45, 7) is 3.00. The number of fused-ring (bicyclic) bond motifs is 1. The lowest BCUT2D eigenvalue weighted by molar-refractivity contribution is -0.117. The van der Waals surface area contributed by atoms with Gasteiger partial charge < -0.3 is 20.7 Å². The van der Waals surface area contributed by atoms with Gasteiger partial charge in [0.1, 0.15) is 18.4 Å². The Morgan fingerprint density at radius 3 is 2.91 bits per heavy atom. The smallest absolute Gasteiger partial charge is 0.246 e. The molecule has 23 heavy (non-hydrogen) atoms. The number of carbonyl (C=O) groups excluding carboxylic acids is 1. The average Bonchev–Trinajstić information content (AvgIpc) is 2.55. The number of hydrogen-bond donors (Lipinski definition) is 2. The summed E-state index contributed by atoms with van der Waals surface area (Å²) >= 11 is 6.10. The van der Waals surface area contributed by atoms with E-state index in [4.69, 9.17) is 22.1 Å². The van der Waals surface area contributed by atoms with E-state index in [0.717, 1.165) is 11.4 Å². The number of nitrogens with two attached hydrogens (primary N) is 1. The number of anilines is 3. The zero-order valence-electron chi connectivity index (χ0n) is 12.8. The zero-order chi connectivity index (χ0) is 16.4. The Morgan fingerprint density at radius 1 is 1.35 bits per heavy atom. The van der Waals surface area contributed by atoms with Crippen LogP contribution in [-0.4, -0.2) is 25.1 Å². The first-order chi connectivity index (χ1) is 11.1. The van der Waals surface area contributed by atoms with Crippen molar-refractivity contribution in [2.24, 2.45) is 0 Å². The minimum Gasteiger partial charge on any atom is -0.490 e. The predicted molar refractivity (Wildman–Crippen MR) is 93.2 cm³/mol. The summed E-state index contributed by atoms with van der Waals surface area (Å²) in [5.74, 6) is 0.608. The highest BCUT2D eigenvalue weighted by Crippen LogP contribution is 2.34. The van der Waals surface area contributed by atoms with Crippen LogP contribution in [0.4, 0.5) is 17.1 Å². The molecule has 0 saturated carbocycles. The Hall–Kier alpha value is -2.40. The first-order valence-electron chi connectivity index (χ1n) is 7.40. The maximum absolute atomic E-state index is 12.6. The number of halogens is 1. The van der Waals surface area contributed by atoms with Crippen LogP contribution in [0.3, 0.4) is 0 Å². The summed E-state index contributed by atoms with van der Waals surface area (Å²) in [4.78, 5) is 14.6. The lowest BCUT2D eigenvalue weighted by Gasteiger charge is -2.35. The van der Waals surface area contributed by atoms with Gasteiger partial charge in [-0.1, -0.05) is 23.7 Å². The second-order valence-electron chi connectivity index (χ2n) is 5.41. The summed E-state index contributed by atoms with van der Waals surface area (Å²) in [5.41, 5.74) is 7.94. The highest BCUT2D eigenvalue weighted by atomic mass is 35.5. The van der Waals surface area contributed by atoms with Gasteiger partial charge in [0, 0.05) is 5.69 Å². The van der Waals surface area contributed by atoms with Gasteiger partial charge in [-0.25, -0.2) is 0 Å². The number of benzene rings is 2. The Labute approximate surface area is 140 Å². The Balaban J connectivity index is 1.81. The van der Waals surface area contributed by atoms with Gasteiger partial charge in [0.25, 0.3) is 0 Å². The quantitative estimate of drug-likeness (QED) is 0.848. The van der Waals surface area contributed by atoms with Crippen LogP contribution < -0.4 is 20.7 Å². The molecule has 0 bridgehead atoms. The molecule has 0 saturated heterocycles. The third kappa shape index (κ3) is 3.19. The summed E-state index contributed by atoms with van der Waals surface area (Å²) < 4.78 is 5.63. The van der Waals surface area contributed by atoms with E-state index >= 15 is 0 Å². The minimum absolute atomic E-state index is 0.131. The molecule has 3 rings (SSSR count). The number of nitrogens with one attached hydrogen (secondary N) is 1. The number of rotatable bonds is 3. The van der Waals surface area contributed by atoms with Crippen molar-refractivity contribution in [1.29, 1.82) is 0 Å². The third-order valence-corrected chi connectivity index (χ3v) is 4.19. The largest absolute Gasteiger partial charge is 0.490 e. The molecule has 2 aromatic carbocycles. The second-order valence-corrected chi connectivity index (χ2v) is 5.82. The highest BCUT2D eigenvalue weighted by Gasteiger charge is 2.27. The van der Waals surface area contributed by atoms with Gasteiger partial charge in [-0.3, -0.25) is 4.79 Å². The molecule has 1 aliphatic heterocycles. The van der Waals surface area contributed by atoms with E-state index in [0.29, 0.717) is 29.5 Å². The number of carbonyl (C=O) groups is 1. The monoisotopic (exact) mass is 331 g/mol. The molecule has 2 aromatic rings. The van der Waals surface area contributed by atoms with Gasteiger partial charge in [0.15, 0.2) is 0 Å². The van der Waals surface area contributed by atoms with Crippen LogP contribution in [0.2, 0.25) is 5.02 Å². The van der Waals surface area contributed by atoms with Gasteiger partial charge in [-0.05, 0) is 37.3 Å². The topological polar surface area (TPSA) is 67.6 Å². The fourth-order valence-corrected chi connectivity index (χ4v) is 2.78. The second kappa shape index (κ2) is 6.38. The first-order valence-corrected chi connectivity index (χ1v) is 7.78. The van der Waals surface area contributed by atoms with Crippen molar-refractivity contribution in [3.63, 3.8) is 0 Å². The molecule has 6 heteroatoms. The number of hydrogen-bond acceptors (Lipinski definition) is 4. The molecule has 1 aliphatic rings. The lowest BCUT2D eigenvalue weighted by Crippen LogP contribution is -2.46. The standard InChI is InChI=1S/C17H18ClN3O2/c1-11(17(22)20-14-5-3-2-4-13(14)18)21-8-9-23-16-7-6-12(19)10-15(16)21/h2-7,10-11H,8-9,19H2,1H3,(H,20,22). The SMILES string of the molecule is CC(C(=O)Nc1ccccc1Cl)N1CCOc2ccc(N)cc21. The first kappa shape index (κ1) is 15.5. The Bertz CT molecular complexity index is 736. The maximum atomic E-state index is 12.6. The molecular formula is C17H18ClN3O2. The number of nitrogens with zero attached hydrogens (tertiary/aromatic N) is 1. The lowest BCUT2D eigenvalue weighted by atomic mass is 10.1. The van der Waals surface area contributed by atoms with Crippen LogP contribution in [0.1, 0.15) is 6.92 Å². The van der Waals surface area contributed by atoms with Gasteiger partial charge >= 0.3 is 0 Å². The van der Waals surface area contributed by atoms with Gasteiger partial charge in [0.2, 0.25) is 5.91 Å². The van der Waals surface area contributed by atoms with Crippen molar-refractivity contribution >= 4 is 34.6 Å². The Morgan fingerprint density at radius 2 is 2.13 bits per heavy atom. The molecule has 3 N–H and O–H groups in total. The van der Waals surface area contributed by atoms with Crippen LogP contribution in [0.5, 0.6) is 5.75 Å². The van der Waals surface area contributed by atoms with E-state index in [9.17, 15) is 4.79 Å². The van der Waals surface area contributed by atoms with Crippen LogP contribution in [0.15, 0.2) is 42.5 Å². The minimum atomic E-state index is -0.379. The molecule has 0 radical (unpaired) electrons. The molecule has 1 heterocycles. The molecule has 1 amide bonds. The number of amides is 1. The highest BCUT2D eigenvalue weighted by molar-refractivity contribution is 6.33. The van der Waals surface area contributed by atoms with E-state index < -0.39 is 0 Å². The number of nitrogen functional groups attached to an aromatic ring is 1. The van der Waals surface area contributed by atoms with E-state index in [2.05, 4.69) is 5.32 Å². The maximum Gasteiger partial charge on any atom is 0.246 e. The van der Waals surface area contributed by atoms with Crippen molar-refractivity contribution in [2.75, 3.05) is 29.1 Å². The van der Waals surface area contributed by atoms with Crippen molar-refractivity contribution in [3.8, 4) is 5.75 Å².